The van der Waals surface area contributed by atoms with Gasteiger partial charge in [-0.15, -0.1) is 0 Å². The SMILES string of the molecule is CO[C@](C(=O)Oc1ccc(S(=O)(=O)Nc2ccccc2C(=O)NCC(=O)O)cc1)(c1ccccc1)C(F)(F)F. The van der Waals surface area contributed by atoms with E-state index < -0.39 is 57.5 Å². The van der Waals surface area contributed by atoms with Crippen LogP contribution < -0.4 is 14.8 Å². The Kier molecular flexibility index (Phi) is 8.61. The third kappa shape index (κ3) is 6.35. The van der Waals surface area contributed by atoms with Crippen molar-refractivity contribution in [1.82, 2.24) is 5.32 Å². The van der Waals surface area contributed by atoms with Gasteiger partial charge in [-0.1, -0.05) is 42.5 Å². The molecule has 3 rings (SSSR count). The number of alkyl halides is 3. The topological polar surface area (TPSA) is 148 Å². The summed E-state index contributed by atoms with van der Waals surface area (Å²) < 4.78 is 79.7. The zero-order valence-electron chi connectivity index (χ0n) is 20.1. The molecule has 0 saturated heterocycles. The number of rotatable bonds is 10. The van der Waals surface area contributed by atoms with Crippen molar-refractivity contribution in [1.29, 1.82) is 0 Å². The van der Waals surface area contributed by atoms with Gasteiger partial charge < -0.3 is 19.9 Å². The average molecular weight is 567 g/mol. The van der Waals surface area contributed by atoms with Crippen LogP contribution in [-0.4, -0.2) is 51.2 Å². The molecule has 1 atom stereocenters. The number of anilines is 1. The number of benzene rings is 3. The lowest BCUT2D eigenvalue weighted by atomic mass is 9.92. The normalized spacial score (nSPS) is 13.1. The Morgan fingerprint density at radius 3 is 2.05 bits per heavy atom. The molecule has 3 aromatic rings. The molecule has 0 aliphatic heterocycles. The molecule has 0 unspecified atom stereocenters. The Balaban J connectivity index is 1.83. The monoisotopic (exact) mass is 566 g/mol. The van der Waals surface area contributed by atoms with E-state index >= 15 is 0 Å². The number of carboxylic acids is 1. The van der Waals surface area contributed by atoms with Gasteiger partial charge in [-0.3, -0.25) is 14.3 Å². The van der Waals surface area contributed by atoms with Gasteiger partial charge in [0, 0.05) is 12.7 Å². The summed E-state index contributed by atoms with van der Waals surface area (Å²) >= 11 is 0. The smallest absolute Gasteiger partial charge is 0.432 e. The highest BCUT2D eigenvalue weighted by molar-refractivity contribution is 7.92. The van der Waals surface area contributed by atoms with Crippen LogP contribution in [0.2, 0.25) is 0 Å². The maximum atomic E-state index is 14.0. The Labute approximate surface area is 220 Å². The quantitative estimate of drug-likeness (QED) is 0.250. The standard InChI is InChI=1S/C25H21F3N2O8S/c1-37-24(25(26,27)28,16-7-3-2-4-8-16)23(34)38-17-11-13-18(14-12-17)39(35,36)30-20-10-6-5-9-19(20)22(33)29-15-21(31)32/h2-14,30H,15H2,1H3,(H,29,33)(H,31,32)/t24-/m0/s1. The summed E-state index contributed by atoms with van der Waals surface area (Å²) in [5.74, 6) is -4.33. The van der Waals surface area contributed by atoms with Crippen LogP contribution in [0.3, 0.4) is 0 Å². The lowest BCUT2D eigenvalue weighted by molar-refractivity contribution is -0.272. The molecular formula is C25H21F3N2O8S. The van der Waals surface area contributed by atoms with Crippen molar-refractivity contribution >= 4 is 33.6 Å². The number of carbonyl (C=O) groups excluding carboxylic acids is 2. The summed E-state index contributed by atoms with van der Waals surface area (Å²) in [6.07, 6.45) is -5.20. The van der Waals surface area contributed by atoms with Gasteiger partial charge in [-0.25, -0.2) is 13.2 Å². The second kappa shape index (κ2) is 11.5. The number of hydrogen-bond donors (Lipinski definition) is 3. The van der Waals surface area contributed by atoms with Crippen molar-refractivity contribution in [2.75, 3.05) is 18.4 Å². The molecule has 3 aromatic carbocycles. The number of esters is 1. The Bertz CT molecular complexity index is 1460. The molecule has 0 fully saturated rings. The fourth-order valence-corrected chi connectivity index (χ4v) is 4.56. The summed E-state index contributed by atoms with van der Waals surface area (Å²) in [4.78, 5) is 35.4. The van der Waals surface area contributed by atoms with Crippen LogP contribution in [0.4, 0.5) is 18.9 Å². The Morgan fingerprint density at radius 1 is 0.897 bits per heavy atom. The van der Waals surface area contributed by atoms with Gasteiger partial charge in [0.2, 0.25) is 0 Å². The molecule has 0 radical (unpaired) electrons. The van der Waals surface area contributed by atoms with E-state index in [0.29, 0.717) is 7.11 Å². The number of sulfonamides is 1. The second-order valence-electron chi connectivity index (χ2n) is 7.84. The molecule has 0 saturated carbocycles. The Hall–Kier alpha value is -4.43. The highest BCUT2D eigenvalue weighted by Gasteiger charge is 2.64. The van der Waals surface area contributed by atoms with Crippen LogP contribution in [0.25, 0.3) is 0 Å². The van der Waals surface area contributed by atoms with Crippen LogP contribution >= 0.6 is 0 Å². The summed E-state index contributed by atoms with van der Waals surface area (Å²) in [5, 5.41) is 10.8. The number of ether oxygens (including phenoxy) is 2. The molecule has 0 bridgehead atoms. The first-order valence-corrected chi connectivity index (χ1v) is 12.4. The van der Waals surface area contributed by atoms with E-state index in [1.54, 1.807) is 0 Å². The van der Waals surface area contributed by atoms with Crippen molar-refractivity contribution < 1.29 is 50.6 Å². The lowest BCUT2D eigenvalue weighted by Gasteiger charge is -2.32. The number of hydrogen-bond acceptors (Lipinski definition) is 7. The van der Waals surface area contributed by atoms with E-state index in [4.69, 9.17) is 9.84 Å². The average Bonchev–Trinajstić information content (AvgIpc) is 2.88. The molecule has 0 spiro atoms. The van der Waals surface area contributed by atoms with Crippen molar-refractivity contribution in [3.05, 3.63) is 90.0 Å². The minimum absolute atomic E-state index is 0.156. The van der Waals surface area contributed by atoms with E-state index in [1.807, 2.05) is 0 Å². The maximum Gasteiger partial charge on any atom is 0.432 e. The van der Waals surface area contributed by atoms with Crippen LogP contribution in [0, 0.1) is 0 Å². The lowest BCUT2D eigenvalue weighted by Crippen LogP contribution is -2.52. The largest absolute Gasteiger partial charge is 0.480 e. The number of nitrogens with one attached hydrogen (secondary N) is 2. The first kappa shape index (κ1) is 29.1. The van der Waals surface area contributed by atoms with E-state index in [-0.39, 0.29) is 16.1 Å². The number of halogens is 3. The van der Waals surface area contributed by atoms with Gasteiger partial charge in [-0.2, -0.15) is 13.2 Å². The predicted molar refractivity (Wildman–Crippen MR) is 130 cm³/mol. The minimum atomic E-state index is -5.20. The molecule has 1 amide bonds. The van der Waals surface area contributed by atoms with E-state index in [2.05, 4.69) is 14.8 Å². The van der Waals surface area contributed by atoms with Gasteiger partial charge in [0.25, 0.3) is 21.5 Å². The molecule has 14 heteroatoms. The van der Waals surface area contributed by atoms with E-state index in [0.717, 1.165) is 36.4 Å². The van der Waals surface area contributed by atoms with Crippen molar-refractivity contribution in [2.24, 2.45) is 0 Å². The van der Waals surface area contributed by atoms with Crippen molar-refractivity contribution in [3.8, 4) is 5.75 Å². The molecule has 3 N–H and O–H groups in total. The molecular weight excluding hydrogens is 545 g/mol. The molecule has 0 aromatic heterocycles. The van der Waals surface area contributed by atoms with Crippen molar-refractivity contribution in [2.45, 2.75) is 16.7 Å². The Morgan fingerprint density at radius 2 is 1.49 bits per heavy atom. The summed E-state index contributed by atoms with van der Waals surface area (Å²) in [5.41, 5.74) is -4.27. The highest BCUT2D eigenvalue weighted by Crippen LogP contribution is 2.43. The third-order valence-corrected chi connectivity index (χ3v) is 6.72. The van der Waals surface area contributed by atoms with Gasteiger partial charge in [0.05, 0.1) is 16.1 Å². The minimum Gasteiger partial charge on any atom is -0.480 e. The van der Waals surface area contributed by atoms with Crippen LogP contribution in [0.15, 0.2) is 83.8 Å². The summed E-state index contributed by atoms with van der Waals surface area (Å²) in [6.45, 7) is -0.691. The van der Waals surface area contributed by atoms with Crippen molar-refractivity contribution in [3.63, 3.8) is 0 Å². The van der Waals surface area contributed by atoms with Crippen LogP contribution in [-0.2, 0) is 30.0 Å². The third-order valence-electron chi connectivity index (χ3n) is 5.33. The number of methoxy groups -OCH3 is 1. The van der Waals surface area contributed by atoms with Crippen LogP contribution in [0.5, 0.6) is 5.75 Å². The summed E-state index contributed by atoms with van der Waals surface area (Å²) in [7, 11) is -3.63. The molecule has 10 nitrogen and oxygen atoms in total. The number of para-hydroxylation sites is 1. The molecule has 39 heavy (non-hydrogen) atoms. The summed E-state index contributed by atoms with van der Waals surface area (Å²) in [6, 6.07) is 15.5. The molecule has 0 aliphatic carbocycles. The first-order valence-electron chi connectivity index (χ1n) is 10.9. The maximum absolute atomic E-state index is 14.0. The zero-order valence-corrected chi connectivity index (χ0v) is 20.9. The fraction of sp³-hybridized carbons (Fsp3) is 0.160. The zero-order chi connectivity index (χ0) is 28.8. The van der Waals surface area contributed by atoms with Gasteiger partial charge in [0.1, 0.15) is 12.3 Å². The second-order valence-corrected chi connectivity index (χ2v) is 9.52. The molecule has 0 heterocycles. The molecule has 206 valence electrons. The van der Waals surface area contributed by atoms with Gasteiger partial charge >= 0.3 is 18.1 Å². The van der Waals surface area contributed by atoms with E-state index in [9.17, 15) is 36.0 Å². The van der Waals surface area contributed by atoms with Gasteiger partial charge in [0.15, 0.2) is 0 Å². The number of amides is 1. The van der Waals surface area contributed by atoms with E-state index in [1.165, 1.54) is 42.5 Å². The van der Waals surface area contributed by atoms with Gasteiger partial charge in [-0.05, 0) is 36.4 Å². The molecule has 0 aliphatic rings. The number of carboxylic acid groups (broad SMARTS) is 1. The van der Waals surface area contributed by atoms with Crippen LogP contribution in [0.1, 0.15) is 15.9 Å². The first-order chi connectivity index (χ1) is 18.3. The number of aliphatic carboxylic acids is 1. The number of carbonyl (C=O) groups is 3. The highest BCUT2D eigenvalue weighted by atomic mass is 32.2. The fourth-order valence-electron chi connectivity index (χ4n) is 3.48. The predicted octanol–water partition coefficient (Wildman–Crippen LogP) is 3.31.